The van der Waals surface area contributed by atoms with Gasteiger partial charge in [0.15, 0.2) is 5.17 Å². The molecule has 25 heavy (non-hydrogen) atoms. The SMILES string of the molecule is N=C1SC(=Cc2ccc(O)cc2)C(=O)N1c1cccc(C(F)(F)F)c1. The van der Waals surface area contributed by atoms with Crippen LogP contribution in [0.15, 0.2) is 53.4 Å². The molecule has 1 fully saturated rings. The molecule has 2 aromatic rings. The van der Waals surface area contributed by atoms with Crippen molar-refractivity contribution in [3.8, 4) is 5.75 Å². The van der Waals surface area contributed by atoms with Gasteiger partial charge >= 0.3 is 6.18 Å². The number of amides is 1. The van der Waals surface area contributed by atoms with E-state index in [0.29, 0.717) is 5.56 Å². The van der Waals surface area contributed by atoms with Crippen molar-refractivity contribution < 1.29 is 23.1 Å². The molecule has 0 spiro atoms. The van der Waals surface area contributed by atoms with Crippen LogP contribution >= 0.6 is 11.8 Å². The molecule has 1 aliphatic heterocycles. The number of carbonyl (C=O) groups excluding carboxylic acids is 1. The maximum atomic E-state index is 12.9. The van der Waals surface area contributed by atoms with E-state index in [4.69, 9.17) is 5.41 Å². The fraction of sp³-hybridized carbons (Fsp3) is 0.0588. The van der Waals surface area contributed by atoms with Crippen LogP contribution in [0.3, 0.4) is 0 Å². The van der Waals surface area contributed by atoms with E-state index in [-0.39, 0.29) is 21.5 Å². The Labute approximate surface area is 145 Å². The van der Waals surface area contributed by atoms with E-state index in [1.807, 2.05) is 0 Å². The van der Waals surface area contributed by atoms with E-state index in [1.165, 1.54) is 30.3 Å². The van der Waals surface area contributed by atoms with Crippen LogP contribution in [0, 0.1) is 5.41 Å². The minimum Gasteiger partial charge on any atom is -0.508 e. The predicted molar refractivity (Wildman–Crippen MR) is 90.3 cm³/mol. The van der Waals surface area contributed by atoms with E-state index in [9.17, 15) is 23.1 Å². The molecular formula is C17H11F3N2O2S. The molecule has 1 aliphatic rings. The number of halogens is 3. The average molecular weight is 364 g/mol. The first-order valence-electron chi connectivity index (χ1n) is 7.04. The van der Waals surface area contributed by atoms with Crippen LogP contribution in [-0.2, 0) is 11.0 Å². The molecule has 0 atom stereocenters. The van der Waals surface area contributed by atoms with Crippen LogP contribution < -0.4 is 4.90 Å². The number of amidine groups is 1. The predicted octanol–water partition coefficient (Wildman–Crippen LogP) is 4.47. The molecule has 1 amide bonds. The van der Waals surface area contributed by atoms with Crippen molar-refractivity contribution in [2.75, 3.05) is 4.90 Å². The Morgan fingerprint density at radius 2 is 1.80 bits per heavy atom. The summed E-state index contributed by atoms with van der Waals surface area (Å²) >= 11 is 0.866. The number of hydrogen-bond donors (Lipinski definition) is 2. The van der Waals surface area contributed by atoms with Crippen LogP contribution in [0.5, 0.6) is 5.75 Å². The van der Waals surface area contributed by atoms with Gasteiger partial charge in [-0.15, -0.1) is 0 Å². The molecule has 1 heterocycles. The summed E-state index contributed by atoms with van der Waals surface area (Å²) in [6.07, 6.45) is -3.01. The number of phenolic OH excluding ortho intramolecular Hbond substituents is 1. The van der Waals surface area contributed by atoms with Gasteiger partial charge in [0.05, 0.1) is 16.2 Å². The van der Waals surface area contributed by atoms with Gasteiger partial charge in [0.25, 0.3) is 5.91 Å². The molecule has 0 unspecified atom stereocenters. The minimum atomic E-state index is -4.53. The maximum absolute atomic E-state index is 12.9. The van der Waals surface area contributed by atoms with Crippen molar-refractivity contribution in [2.45, 2.75) is 6.18 Å². The number of benzene rings is 2. The van der Waals surface area contributed by atoms with E-state index in [2.05, 4.69) is 0 Å². The summed E-state index contributed by atoms with van der Waals surface area (Å²) in [6.45, 7) is 0. The standard InChI is InChI=1S/C17H11F3N2O2S/c18-17(19,20)11-2-1-3-12(9-11)22-15(24)14(25-16(22)21)8-10-4-6-13(23)7-5-10/h1-9,21,23H. The summed E-state index contributed by atoms with van der Waals surface area (Å²) < 4.78 is 38.6. The van der Waals surface area contributed by atoms with E-state index >= 15 is 0 Å². The van der Waals surface area contributed by atoms with Gasteiger partial charge < -0.3 is 5.11 Å². The highest BCUT2D eigenvalue weighted by atomic mass is 32.2. The highest BCUT2D eigenvalue weighted by Gasteiger charge is 2.36. The van der Waals surface area contributed by atoms with Gasteiger partial charge in [0.2, 0.25) is 0 Å². The van der Waals surface area contributed by atoms with Gasteiger partial charge in [-0.2, -0.15) is 13.2 Å². The molecule has 0 bridgehead atoms. The van der Waals surface area contributed by atoms with E-state index in [1.54, 1.807) is 12.1 Å². The highest BCUT2D eigenvalue weighted by molar-refractivity contribution is 8.19. The summed E-state index contributed by atoms with van der Waals surface area (Å²) in [5.41, 5.74) is -0.259. The van der Waals surface area contributed by atoms with Crippen molar-refractivity contribution in [3.05, 3.63) is 64.6 Å². The molecule has 2 N–H and O–H groups in total. The Hall–Kier alpha value is -2.74. The summed E-state index contributed by atoms with van der Waals surface area (Å²) in [7, 11) is 0. The zero-order chi connectivity index (χ0) is 18.2. The summed E-state index contributed by atoms with van der Waals surface area (Å²) in [4.78, 5) is 13.7. The van der Waals surface area contributed by atoms with Gasteiger partial charge in [-0.1, -0.05) is 18.2 Å². The van der Waals surface area contributed by atoms with Crippen LogP contribution in [0.1, 0.15) is 11.1 Å². The van der Waals surface area contributed by atoms with Crippen LogP contribution in [0.2, 0.25) is 0 Å². The number of carbonyl (C=O) groups is 1. The van der Waals surface area contributed by atoms with Crippen LogP contribution in [-0.4, -0.2) is 16.2 Å². The number of thioether (sulfide) groups is 1. The van der Waals surface area contributed by atoms with E-state index in [0.717, 1.165) is 28.8 Å². The van der Waals surface area contributed by atoms with E-state index < -0.39 is 17.6 Å². The highest BCUT2D eigenvalue weighted by Crippen LogP contribution is 2.37. The monoisotopic (exact) mass is 364 g/mol. The largest absolute Gasteiger partial charge is 0.508 e. The number of rotatable bonds is 2. The number of aromatic hydroxyl groups is 1. The summed E-state index contributed by atoms with van der Waals surface area (Å²) in [5, 5.41) is 17.0. The molecule has 1 saturated heterocycles. The first kappa shape index (κ1) is 17.1. The van der Waals surface area contributed by atoms with Crippen molar-refractivity contribution >= 4 is 34.6 Å². The van der Waals surface area contributed by atoms with Crippen molar-refractivity contribution in [1.82, 2.24) is 0 Å². The van der Waals surface area contributed by atoms with Crippen molar-refractivity contribution in [1.29, 1.82) is 5.41 Å². The maximum Gasteiger partial charge on any atom is 0.416 e. The van der Waals surface area contributed by atoms with Gasteiger partial charge in [0.1, 0.15) is 5.75 Å². The smallest absolute Gasteiger partial charge is 0.416 e. The van der Waals surface area contributed by atoms with Gasteiger partial charge in [-0.3, -0.25) is 15.1 Å². The van der Waals surface area contributed by atoms with Crippen LogP contribution in [0.25, 0.3) is 6.08 Å². The van der Waals surface area contributed by atoms with Crippen molar-refractivity contribution in [2.24, 2.45) is 0 Å². The molecular weight excluding hydrogens is 353 g/mol. The molecule has 8 heteroatoms. The number of nitrogens with one attached hydrogen (secondary N) is 1. The number of alkyl halides is 3. The zero-order valence-electron chi connectivity index (χ0n) is 12.5. The first-order valence-corrected chi connectivity index (χ1v) is 7.86. The summed E-state index contributed by atoms with van der Waals surface area (Å²) in [5.74, 6) is -0.492. The Morgan fingerprint density at radius 1 is 1.12 bits per heavy atom. The molecule has 128 valence electrons. The molecule has 0 aromatic heterocycles. The lowest BCUT2D eigenvalue weighted by Crippen LogP contribution is -2.28. The van der Waals surface area contributed by atoms with Crippen molar-refractivity contribution in [3.63, 3.8) is 0 Å². The molecule has 0 saturated carbocycles. The third-order valence-corrected chi connectivity index (χ3v) is 4.33. The minimum absolute atomic E-state index is 0.00793. The Morgan fingerprint density at radius 3 is 2.44 bits per heavy atom. The van der Waals surface area contributed by atoms with Gasteiger partial charge in [-0.25, -0.2) is 0 Å². The molecule has 0 radical (unpaired) electrons. The quantitative estimate of drug-likeness (QED) is 0.773. The second-order valence-corrected chi connectivity index (χ2v) is 6.23. The van der Waals surface area contributed by atoms with Gasteiger partial charge in [0, 0.05) is 0 Å². The zero-order valence-corrected chi connectivity index (χ0v) is 13.4. The third-order valence-electron chi connectivity index (χ3n) is 3.45. The van der Waals surface area contributed by atoms with Crippen LogP contribution in [0.4, 0.5) is 18.9 Å². The van der Waals surface area contributed by atoms with Gasteiger partial charge in [-0.05, 0) is 53.7 Å². The Balaban J connectivity index is 1.93. The molecule has 4 nitrogen and oxygen atoms in total. The number of anilines is 1. The lowest BCUT2D eigenvalue weighted by atomic mass is 10.1. The Kier molecular flexibility index (Phi) is 4.30. The number of phenols is 1. The summed E-state index contributed by atoms with van der Waals surface area (Å²) in [6, 6.07) is 10.4. The lowest BCUT2D eigenvalue weighted by molar-refractivity contribution is -0.137. The average Bonchev–Trinajstić information content (AvgIpc) is 2.83. The number of nitrogens with zero attached hydrogens (tertiary/aromatic N) is 1. The normalized spacial score (nSPS) is 16.8. The fourth-order valence-electron chi connectivity index (χ4n) is 2.26. The molecule has 3 rings (SSSR count). The topological polar surface area (TPSA) is 64.4 Å². The molecule has 2 aromatic carbocycles. The fourth-order valence-corrected chi connectivity index (χ4v) is 3.13. The number of hydrogen-bond acceptors (Lipinski definition) is 4. The second kappa shape index (κ2) is 6.29. The second-order valence-electron chi connectivity index (χ2n) is 5.20. The Bertz CT molecular complexity index is 876. The molecule has 0 aliphatic carbocycles. The third kappa shape index (κ3) is 3.53. The first-order chi connectivity index (χ1) is 11.8. The lowest BCUT2D eigenvalue weighted by Gasteiger charge is -2.16.